The van der Waals surface area contributed by atoms with Gasteiger partial charge in [0.05, 0.1) is 0 Å². The van der Waals surface area contributed by atoms with Crippen molar-refractivity contribution >= 4 is 0 Å². The molecule has 0 aromatic rings. The molecule has 1 heterocycles. The van der Waals surface area contributed by atoms with Crippen LogP contribution in [-0.4, -0.2) is 47.6 Å². The van der Waals surface area contributed by atoms with E-state index in [2.05, 4.69) is 37.6 Å². The summed E-state index contributed by atoms with van der Waals surface area (Å²) in [6.45, 7) is 10.8. The first-order valence-corrected chi connectivity index (χ1v) is 5.90. The van der Waals surface area contributed by atoms with Crippen LogP contribution in [0.3, 0.4) is 0 Å². The van der Waals surface area contributed by atoms with E-state index in [1.54, 1.807) is 0 Å². The molecule has 82 valence electrons. The fourth-order valence-corrected chi connectivity index (χ4v) is 3.23. The van der Waals surface area contributed by atoms with Crippen molar-refractivity contribution in [2.45, 2.75) is 51.1 Å². The first kappa shape index (κ1) is 10.4. The first-order valence-electron chi connectivity index (χ1n) is 5.90. The third-order valence-corrected chi connectivity index (χ3v) is 3.94. The van der Waals surface area contributed by atoms with Gasteiger partial charge in [-0.1, -0.05) is 0 Å². The van der Waals surface area contributed by atoms with Gasteiger partial charge in [-0.15, -0.1) is 0 Å². The van der Waals surface area contributed by atoms with Crippen molar-refractivity contribution in [1.82, 2.24) is 9.80 Å². The molecule has 2 nitrogen and oxygen atoms in total. The van der Waals surface area contributed by atoms with Gasteiger partial charge in [0.1, 0.15) is 0 Å². The number of hydrogen-bond acceptors (Lipinski definition) is 2. The summed E-state index contributed by atoms with van der Waals surface area (Å²) >= 11 is 0. The number of nitrogens with zero attached hydrogens (tertiary/aromatic N) is 2. The topological polar surface area (TPSA) is 6.48 Å². The molecule has 2 fully saturated rings. The lowest BCUT2D eigenvalue weighted by Crippen LogP contribution is -2.69. The Hall–Kier alpha value is -0.0800. The Bertz CT molecular complexity index is 213. The summed E-state index contributed by atoms with van der Waals surface area (Å²) < 4.78 is 0. The highest BCUT2D eigenvalue weighted by Gasteiger charge is 2.48. The maximum atomic E-state index is 2.75. The lowest BCUT2D eigenvalue weighted by molar-refractivity contribution is -0.0931. The van der Waals surface area contributed by atoms with E-state index in [1.165, 1.54) is 38.9 Å². The molecule has 0 bridgehead atoms. The average molecular weight is 196 g/mol. The fraction of sp³-hybridized carbons (Fsp3) is 1.00. The number of piperazine rings is 1. The highest BCUT2D eigenvalue weighted by atomic mass is 15.3. The minimum absolute atomic E-state index is 0.349. The van der Waals surface area contributed by atoms with Crippen LogP contribution in [-0.2, 0) is 0 Å². The maximum Gasteiger partial charge on any atom is 0.0342 e. The minimum Gasteiger partial charge on any atom is -0.303 e. The van der Waals surface area contributed by atoms with E-state index < -0.39 is 0 Å². The van der Waals surface area contributed by atoms with Gasteiger partial charge in [0, 0.05) is 30.7 Å². The molecule has 1 aliphatic heterocycles. The molecule has 1 aliphatic carbocycles. The molecule has 2 aliphatic rings. The van der Waals surface area contributed by atoms with Crippen LogP contribution in [0.2, 0.25) is 0 Å². The van der Waals surface area contributed by atoms with Gasteiger partial charge in [-0.2, -0.15) is 0 Å². The monoisotopic (exact) mass is 196 g/mol. The van der Waals surface area contributed by atoms with Crippen molar-refractivity contribution in [2.24, 2.45) is 0 Å². The summed E-state index contributed by atoms with van der Waals surface area (Å²) in [5, 5.41) is 0. The Morgan fingerprint density at radius 2 is 1.71 bits per heavy atom. The van der Waals surface area contributed by atoms with Crippen LogP contribution in [0.25, 0.3) is 0 Å². The molecular weight excluding hydrogens is 172 g/mol. The zero-order chi connectivity index (χ0) is 10.4. The van der Waals surface area contributed by atoms with Gasteiger partial charge in [-0.25, -0.2) is 0 Å². The van der Waals surface area contributed by atoms with Gasteiger partial charge in [0.15, 0.2) is 0 Å². The average Bonchev–Trinajstić information content (AvgIpc) is 1.98. The quantitative estimate of drug-likeness (QED) is 0.584. The van der Waals surface area contributed by atoms with E-state index in [9.17, 15) is 0 Å². The Balaban J connectivity index is 2.15. The second kappa shape index (κ2) is 3.21. The van der Waals surface area contributed by atoms with Crippen LogP contribution >= 0.6 is 0 Å². The van der Waals surface area contributed by atoms with Crippen molar-refractivity contribution in [3.8, 4) is 0 Å². The van der Waals surface area contributed by atoms with E-state index >= 15 is 0 Å². The van der Waals surface area contributed by atoms with Crippen LogP contribution in [0.4, 0.5) is 0 Å². The Morgan fingerprint density at radius 3 is 2.14 bits per heavy atom. The van der Waals surface area contributed by atoms with Crippen molar-refractivity contribution in [3.05, 3.63) is 0 Å². The molecule has 2 rings (SSSR count). The van der Waals surface area contributed by atoms with Crippen molar-refractivity contribution in [3.63, 3.8) is 0 Å². The van der Waals surface area contributed by atoms with Crippen molar-refractivity contribution in [2.75, 3.05) is 26.7 Å². The van der Waals surface area contributed by atoms with Gasteiger partial charge in [-0.05, 0) is 47.1 Å². The van der Waals surface area contributed by atoms with Crippen LogP contribution in [0.15, 0.2) is 0 Å². The summed E-state index contributed by atoms with van der Waals surface area (Å²) in [4.78, 5) is 5.25. The van der Waals surface area contributed by atoms with E-state index in [0.717, 1.165) is 0 Å². The van der Waals surface area contributed by atoms with Gasteiger partial charge in [0.25, 0.3) is 0 Å². The molecule has 0 N–H and O–H groups in total. The summed E-state index contributed by atoms with van der Waals surface area (Å²) in [5.74, 6) is 0. The highest BCUT2D eigenvalue weighted by molar-refractivity contribution is 5.05. The predicted octanol–water partition coefficient (Wildman–Crippen LogP) is 1.95. The van der Waals surface area contributed by atoms with Gasteiger partial charge < -0.3 is 4.90 Å². The summed E-state index contributed by atoms with van der Waals surface area (Å²) in [5.41, 5.74) is 0.882. The maximum absolute atomic E-state index is 2.75. The third kappa shape index (κ3) is 1.59. The van der Waals surface area contributed by atoms with Crippen LogP contribution < -0.4 is 0 Å². The molecule has 1 spiro atoms. The van der Waals surface area contributed by atoms with Crippen molar-refractivity contribution < 1.29 is 0 Å². The molecule has 0 amide bonds. The molecule has 0 radical (unpaired) electrons. The number of likely N-dealkylation sites (N-methyl/N-ethyl adjacent to an activating group) is 1. The SMILES string of the molecule is CN1CCN(C(C)(C)C)C2(CCC2)C1. The van der Waals surface area contributed by atoms with Crippen LogP contribution in [0, 0.1) is 0 Å². The van der Waals surface area contributed by atoms with Gasteiger partial charge in [-0.3, -0.25) is 4.90 Å². The Morgan fingerprint density at radius 1 is 1.07 bits per heavy atom. The van der Waals surface area contributed by atoms with E-state index in [-0.39, 0.29) is 0 Å². The largest absolute Gasteiger partial charge is 0.303 e. The number of hydrogen-bond donors (Lipinski definition) is 0. The normalized spacial score (nSPS) is 29.1. The van der Waals surface area contributed by atoms with Gasteiger partial charge >= 0.3 is 0 Å². The molecule has 0 aromatic heterocycles. The van der Waals surface area contributed by atoms with Crippen LogP contribution in [0.5, 0.6) is 0 Å². The van der Waals surface area contributed by atoms with Gasteiger partial charge in [0.2, 0.25) is 0 Å². The first-order chi connectivity index (χ1) is 6.44. The standard InChI is InChI=1S/C12H24N2/c1-11(2,3)14-9-8-13(4)10-12(14)6-5-7-12/h5-10H2,1-4H3. The molecule has 1 saturated heterocycles. The van der Waals surface area contributed by atoms with Crippen LogP contribution in [0.1, 0.15) is 40.0 Å². The molecule has 1 saturated carbocycles. The zero-order valence-electron chi connectivity index (χ0n) is 10.1. The second-order valence-electron chi connectivity index (χ2n) is 6.14. The van der Waals surface area contributed by atoms with E-state index in [4.69, 9.17) is 0 Å². The Labute approximate surface area is 88.3 Å². The molecule has 0 aromatic carbocycles. The predicted molar refractivity (Wildman–Crippen MR) is 60.5 cm³/mol. The molecular formula is C12H24N2. The molecule has 0 atom stereocenters. The second-order valence-corrected chi connectivity index (χ2v) is 6.14. The molecule has 0 unspecified atom stereocenters. The number of rotatable bonds is 0. The third-order valence-electron chi connectivity index (χ3n) is 3.94. The van der Waals surface area contributed by atoms with Crippen molar-refractivity contribution in [1.29, 1.82) is 0 Å². The lowest BCUT2D eigenvalue weighted by Gasteiger charge is -2.60. The fourth-order valence-electron chi connectivity index (χ4n) is 3.23. The highest BCUT2D eigenvalue weighted by Crippen LogP contribution is 2.43. The van der Waals surface area contributed by atoms with E-state index in [1.807, 2.05) is 0 Å². The summed E-state index contributed by atoms with van der Waals surface area (Å²) in [7, 11) is 2.26. The molecule has 2 heteroatoms. The summed E-state index contributed by atoms with van der Waals surface area (Å²) in [6.07, 6.45) is 4.25. The minimum atomic E-state index is 0.349. The smallest absolute Gasteiger partial charge is 0.0342 e. The summed E-state index contributed by atoms with van der Waals surface area (Å²) in [6, 6.07) is 0. The zero-order valence-corrected chi connectivity index (χ0v) is 10.1. The lowest BCUT2D eigenvalue weighted by atomic mass is 9.72. The van der Waals surface area contributed by atoms with E-state index in [0.29, 0.717) is 11.1 Å². The molecule has 14 heavy (non-hydrogen) atoms. The Kier molecular flexibility index (Phi) is 2.39.